The first-order chi connectivity index (χ1) is 10.4. The molecule has 0 radical (unpaired) electrons. The molecule has 7 heteroatoms. The maximum absolute atomic E-state index is 12.7. The molecule has 1 aromatic carbocycles. The van der Waals surface area contributed by atoms with Gasteiger partial charge in [0.2, 0.25) is 5.91 Å². The van der Waals surface area contributed by atoms with Crippen LogP contribution in [0.1, 0.15) is 16.7 Å². The van der Waals surface area contributed by atoms with E-state index in [0.717, 1.165) is 18.2 Å². The number of carbonyl (C=O) groups excluding carboxylic acids is 1. The van der Waals surface area contributed by atoms with E-state index in [1.54, 1.807) is 20.3 Å². The maximum Gasteiger partial charge on any atom is 0.416 e. The normalized spacial score (nSPS) is 12.1. The molecule has 0 N–H and O–H groups in total. The Balaban J connectivity index is 2.97. The monoisotopic (exact) mass is 347 g/mol. The summed E-state index contributed by atoms with van der Waals surface area (Å²) in [6.45, 7) is 8.70. The number of nitrogens with zero attached hydrogens (tertiary/aromatic N) is 1. The zero-order valence-electron chi connectivity index (χ0n) is 13.5. The van der Waals surface area contributed by atoms with Gasteiger partial charge in [-0.1, -0.05) is 12.6 Å². The van der Waals surface area contributed by atoms with Gasteiger partial charge in [-0.2, -0.15) is 13.2 Å². The number of hydrogen-bond donors (Lipinski definition) is 0. The fourth-order valence-electron chi connectivity index (χ4n) is 2.01. The number of alkyl halides is 3. The molecule has 1 rings (SSSR count). The van der Waals surface area contributed by atoms with Gasteiger partial charge in [-0.15, -0.1) is 0 Å². The Hall–Kier alpha value is -1.55. The van der Waals surface area contributed by atoms with E-state index in [1.165, 1.54) is 11.0 Å². The van der Waals surface area contributed by atoms with Crippen LogP contribution in [0.5, 0.6) is 0 Å². The highest BCUT2D eigenvalue weighted by Gasteiger charge is 2.30. The van der Waals surface area contributed by atoms with Crippen LogP contribution in [0.2, 0.25) is 0 Å². The predicted molar refractivity (Wildman–Crippen MR) is 86.1 cm³/mol. The van der Waals surface area contributed by atoms with E-state index in [4.69, 9.17) is 0 Å². The van der Waals surface area contributed by atoms with E-state index in [-0.39, 0.29) is 19.0 Å². The van der Waals surface area contributed by atoms with E-state index in [2.05, 4.69) is 6.58 Å². The van der Waals surface area contributed by atoms with Crippen molar-refractivity contribution in [3.8, 4) is 0 Å². The van der Waals surface area contributed by atoms with Crippen molar-refractivity contribution in [2.75, 3.05) is 26.0 Å². The number of aryl methyl sites for hydroxylation is 1. The lowest BCUT2D eigenvalue weighted by molar-refractivity contribution is -0.137. The van der Waals surface area contributed by atoms with E-state index < -0.39 is 18.9 Å². The fraction of sp³-hybridized carbons (Fsp3) is 0.438. The molecule has 0 saturated heterocycles. The van der Waals surface area contributed by atoms with Gasteiger partial charge in [-0.3, -0.25) is 4.79 Å². The second-order valence-electron chi connectivity index (χ2n) is 5.90. The maximum atomic E-state index is 12.7. The van der Waals surface area contributed by atoms with Crippen molar-refractivity contribution >= 4 is 13.0 Å². The van der Waals surface area contributed by atoms with Crippen molar-refractivity contribution in [2.45, 2.75) is 19.6 Å². The van der Waals surface area contributed by atoms with Crippen LogP contribution in [0, 0.1) is 6.92 Å². The van der Waals surface area contributed by atoms with Gasteiger partial charge in [0, 0.05) is 19.3 Å². The number of hydrogen-bond acceptors (Lipinski definition) is 2. The first-order valence-electron chi connectivity index (χ1n) is 7.06. The largest absolute Gasteiger partial charge is 0.416 e. The molecule has 0 spiro atoms. The molecule has 0 atom stereocenters. The molecule has 0 aromatic heterocycles. The molecule has 0 heterocycles. The zero-order chi connectivity index (χ0) is 17.8. The molecule has 1 aromatic rings. The van der Waals surface area contributed by atoms with E-state index >= 15 is 0 Å². The molecule has 0 unspecified atom stereocenters. The topological polar surface area (TPSA) is 37.4 Å². The number of amides is 1. The van der Waals surface area contributed by atoms with E-state index in [9.17, 15) is 22.5 Å². The number of carbonyl (C=O) groups is 1. The summed E-state index contributed by atoms with van der Waals surface area (Å²) in [4.78, 5) is 13.4. The third-order valence-corrected chi connectivity index (χ3v) is 4.70. The average molecular weight is 347 g/mol. The number of rotatable bonds is 6. The lowest BCUT2D eigenvalue weighted by atomic mass is 10.0. The molecular weight excluding hydrogens is 326 g/mol. The molecule has 0 aliphatic heterocycles. The van der Waals surface area contributed by atoms with Crippen LogP contribution in [0.25, 0.3) is 0 Å². The summed E-state index contributed by atoms with van der Waals surface area (Å²) in [6, 6.07) is 3.44. The molecule has 0 fully saturated rings. The molecule has 128 valence electrons. The minimum absolute atomic E-state index is 0.162. The van der Waals surface area contributed by atoms with Crippen LogP contribution in [-0.4, -0.2) is 36.8 Å². The van der Waals surface area contributed by atoms with Crippen molar-refractivity contribution in [2.24, 2.45) is 0 Å². The summed E-state index contributed by atoms with van der Waals surface area (Å²) in [5, 5.41) is 0. The summed E-state index contributed by atoms with van der Waals surface area (Å²) >= 11 is 0. The first kappa shape index (κ1) is 19.5. The molecular formula is C16H21F3NO2P. The van der Waals surface area contributed by atoms with Crippen LogP contribution >= 0.6 is 7.14 Å². The Kier molecular flexibility index (Phi) is 6.23. The van der Waals surface area contributed by atoms with Gasteiger partial charge in [0.1, 0.15) is 0 Å². The zero-order valence-corrected chi connectivity index (χ0v) is 14.4. The van der Waals surface area contributed by atoms with Crippen LogP contribution in [0.15, 0.2) is 30.9 Å². The highest BCUT2D eigenvalue weighted by molar-refractivity contribution is 7.62. The molecule has 3 nitrogen and oxygen atoms in total. The van der Waals surface area contributed by atoms with Gasteiger partial charge in [-0.05, 0) is 49.6 Å². The smallest absolute Gasteiger partial charge is 0.334 e. The second-order valence-corrected chi connectivity index (χ2v) is 9.50. The summed E-state index contributed by atoms with van der Waals surface area (Å²) in [6.07, 6.45) is -2.89. The number of halogens is 3. The third-order valence-electron chi connectivity index (χ3n) is 3.43. The van der Waals surface area contributed by atoms with E-state index in [1.807, 2.05) is 0 Å². The lowest BCUT2D eigenvalue weighted by Crippen LogP contribution is -2.31. The molecule has 0 bridgehead atoms. The van der Waals surface area contributed by atoms with Crippen LogP contribution < -0.4 is 0 Å². The number of benzene rings is 1. The minimum Gasteiger partial charge on any atom is -0.334 e. The van der Waals surface area contributed by atoms with Gasteiger partial charge in [0.05, 0.1) is 12.7 Å². The van der Waals surface area contributed by atoms with Gasteiger partial charge < -0.3 is 9.46 Å². The van der Waals surface area contributed by atoms with Gasteiger partial charge in [-0.25, -0.2) is 0 Å². The molecule has 23 heavy (non-hydrogen) atoms. The van der Waals surface area contributed by atoms with Crippen LogP contribution in [0.4, 0.5) is 13.2 Å². The van der Waals surface area contributed by atoms with Crippen LogP contribution in [-0.2, 0) is 22.1 Å². The quantitative estimate of drug-likeness (QED) is 0.573. The Bertz CT molecular complexity index is 635. The Morgan fingerprint density at radius 3 is 2.39 bits per heavy atom. The standard InChI is InChI=1S/C16H21F3NO2P/c1-5-15(21)20(8-9-23(3,4)22)11-13-6-7-14(10-12(13)2)16(17,18)19/h5-7,10H,1,8-9,11H2,2-4H3. The molecule has 0 aliphatic rings. The van der Waals surface area contributed by atoms with Gasteiger partial charge in [0.25, 0.3) is 0 Å². The summed E-state index contributed by atoms with van der Waals surface area (Å²) in [5.41, 5.74) is 0.361. The molecule has 0 aliphatic carbocycles. The second kappa shape index (κ2) is 7.35. The summed E-state index contributed by atoms with van der Waals surface area (Å²) in [7, 11) is -2.29. The average Bonchev–Trinajstić information content (AvgIpc) is 2.41. The van der Waals surface area contributed by atoms with E-state index in [0.29, 0.717) is 17.3 Å². The van der Waals surface area contributed by atoms with Crippen molar-refractivity contribution in [1.29, 1.82) is 0 Å². The van der Waals surface area contributed by atoms with Crippen molar-refractivity contribution in [3.05, 3.63) is 47.5 Å². The van der Waals surface area contributed by atoms with Gasteiger partial charge in [0.15, 0.2) is 0 Å². The highest BCUT2D eigenvalue weighted by Crippen LogP contribution is 2.35. The van der Waals surface area contributed by atoms with Crippen molar-refractivity contribution < 1.29 is 22.5 Å². The lowest BCUT2D eigenvalue weighted by Gasteiger charge is -2.23. The summed E-state index contributed by atoms with van der Waals surface area (Å²) < 4.78 is 49.9. The Labute approximate surface area is 134 Å². The molecule has 0 saturated carbocycles. The van der Waals surface area contributed by atoms with Crippen LogP contribution in [0.3, 0.4) is 0 Å². The first-order valence-corrected chi connectivity index (χ1v) is 9.85. The Morgan fingerprint density at radius 2 is 1.96 bits per heavy atom. The predicted octanol–water partition coefficient (Wildman–Crippen LogP) is 4.15. The highest BCUT2D eigenvalue weighted by atomic mass is 31.2. The third kappa shape index (κ3) is 6.22. The molecule has 1 amide bonds. The Morgan fingerprint density at radius 1 is 1.35 bits per heavy atom. The summed E-state index contributed by atoms with van der Waals surface area (Å²) in [5.74, 6) is -0.335. The minimum atomic E-state index is -4.39. The van der Waals surface area contributed by atoms with Crippen molar-refractivity contribution in [3.63, 3.8) is 0 Å². The van der Waals surface area contributed by atoms with Gasteiger partial charge >= 0.3 is 6.18 Å². The van der Waals surface area contributed by atoms with Crippen molar-refractivity contribution in [1.82, 2.24) is 4.90 Å². The fourth-order valence-corrected chi connectivity index (χ4v) is 2.74. The SMILES string of the molecule is C=CC(=O)N(CCP(C)(C)=O)Cc1ccc(C(F)(F)F)cc1C.